The summed E-state index contributed by atoms with van der Waals surface area (Å²) in [5, 5.41) is 10.9. The number of hydrogen-bond donors (Lipinski definition) is 1. The minimum Gasteiger partial charge on any atom is -0.456 e. The van der Waals surface area contributed by atoms with Gasteiger partial charge in [-0.05, 0) is 48.9 Å². The van der Waals surface area contributed by atoms with Crippen LogP contribution in [0, 0.1) is 12.8 Å². The molecule has 4 rings (SSSR count). The zero-order valence-corrected chi connectivity index (χ0v) is 21.3. The van der Waals surface area contributed by atoms with Crippen LogP contribution in [-0.2, 0) is 14.3 Å². The van der Waals surface area contributed by atoms with Gasteiger partial charge in [-0.15, -0.1) is 0 Å². The number of nitrogens with zero attached hydrogens (tertiary/aromatic N) is 1. The molecule has 1 saturated heterocycles. The first-order valence-electron chi connectivity index (χ1n) is 12.9. The van der Waals surface area contributed by atoms with Crippen molar-refractivity contribution in [3.63, 3.8) is 0 Å². The molecule has 0 amide bonds. The van der Waals surface area contributed by atoms with Crippen molar-refractivity contribution in [2.24, 2.45) is 5.92 Å². The van der Waals surface area contributed by atoms with Crippen LogP contribution in [0.2, 0.25) is 0 Å². The van der Waals surface area contributed by atoms with Gasteiger partial charge in [0.25, 0.3) is 0 Å². The first kappa shape index (κ1) is 26.1. The van der Waals surface area contributed by atoms with Gasteiger partial charge in [0.1, 0.15) is 12.2 Å². The van der Waals surface area contributed by atoms with E-state index in [2.05, 4.69) is 29.2 Å². The maximum Gasteiger partial charge on any atom is 0.303 e. The number of β-amino-alcohol motifs (C(OH)–C–C–N with tert-alkyl or cyclic N) is 1. The standard InChI is InChI=1S/C31H37NO4/c1-23-13-15-26(16-14-23)30(36-24(2)33)22-32-19-17-25(29(34)21-32)18-20-35-31(27-9-5-3-6-10-27)28-11-7-4-8-12-28/h3-16,25,29-31,34H,17-22H2,1-2H3/t25-,29+,30?/m0/s1. The highest BCUT2D eigenvalue weighted by molar-refractivity contribution is 5.66. The van der Waals surface area contributed by atoms with Crippen molar-refractivity contribution in [1.29, 1.82) is 0 Å². The van der Waals surface area contributed by atoms with Gasteiger partial charge in [0.15, 0.2) is 0 Å². The molecule has 1 fully saturated rings. The minimum absolute atomic E-state index is 0.122. The molecule has 0 radical (unpaired) electrons. The summed E-state index contributed by atoms with van der Waals surface area (Å²) in [5.74, 6) is -0.112. The van der Waals surface area contributed by atoms with Crippen LogP contribution < -0.4 is 0 Å². The van der Waals surface area contributed by atoms with Crippen molar-refractivity contribution in [3.8, 4) is 0 Å². The molecule has 3 atom stereocenters. The van der Waals surface area contributed by atoms with Gasteiger partial charge in [0, 0.05) is 26.6 Å². The molecule has 5 nitrogen and oxygen atoms in total. The third-order valence-corrected chi connectivity index (χ3v) is 6.96. The second kappa shape index (κ2) is 12.8. The summed E-state index contributed by atoms with van der Waals surface area (Å²) < 4.78 is 12.0. The molecule has 3 aromatic carbocycles. The summed E-state index contributed by atoms with van der Waals surface area (Å²) in [6.07, 6.45) is 0.782. The number of carbonyl (C=O) groups is 1. The van der Waals surface area contributed by atoms with Crippen LogP contribution in [0.25, 0.3) is 0 Å². The molecule has 0 spiro atoms. The van der Waals surface area contributed by atoms with Crippen molar-refractivity contribution in [1.82, 2.24) is 4.90 Å². The number of piperidine rings is 1. The van der Waals surface area contributed by atoms with E-state index in [9.17, 15) is 9.90 Å². The summed E-state index contributed by atoms with van der Waals surface area (Å²) in [4.78, 5) is 13.9. The van der Waals surface area contributed by atoms with E-state index in [1.165, 1.54) is 12.5 Å². The van der Waals surface area contributed by atoms with E-state index in [-0.39, 0.29) is 24.1 Å². The SMILES string of the molecule is CC(=O)OC(CN1CC[C@@H](CCOC(c2ccccc2)c2ccccc2)[C@H](O)C1)c1ccc(C)cc1. The van der Waals surface area contributed by atoms with E-state index in [1.807, 2.05) is 67.6 Å². The van der Waals surface area contributed by atoms with Crippen LogP contribution in [-0.4, -0.2) is 48.3 Å². The van der Waals surface area contributed by atoms with Gasteiger partial charge in [0.05, 0.1) is 6.10 Å². The second-order valence-electron chi connectivity index (χ2n) is 9.75. The Kier molecular flexibility index (Phi) is 9.29. The zero-order chi connectivity index (χ0) is 25.3. The average Bonchev–Trinajstić information content (AvgIpc) is 2.88. The number of aryl methyl sites for hydroxylation is 1. The van der Waals surface area contributed by atoms with E-state index < -0.39 is 6.10 Å². The molecular weight excluding hydrogens is 450 g/mol. The van der Waals surface area contributed by atoms with Crippen LogP contribution in [0.3, 0.4) is 0 Å². The Balaban J connectivity index is 1.31. The van der Waals surface area contributed by atoms with Gasteiger partial charge in [-0.3, -0.25) is 9.69 Å². The highest BCUT2D eigenvalue weighted by Gasteiger charge is 2.30. The van der Waals surface area contributed by atoms with Crippen LogP contribution in [0.5, 0.6) is 0 Å². The summed E-state index contributed by atoms with van der Waals surface area (Å²) in [6.45, 7) is 6.06. The molecule has 1 aliphatic rings. The predicted molar refractivity (Wildman–Crippen MR) is 142 cm³/mol. The highest BCUT2D eigenvalue weighted by Crippen LogP contribution is 2.29. The molecule has 1 N–H and O–H groups in total. The molecule has 0 aliphatic carbocycles. The van der Waals surface area contributed by atoms with Crippen LogP contribution >= 0.6 is 0 Å². The number of likely N-dealkylation sites (tertiary alicyclic amines) is 1. The Labute approximate surface area is 214 Å². The molecular formula is C31H37NO4. The smallest absolute Gasteiger partial charge is 0.303 e. The monoisotopic (exact) mass is 487 g/mol. The molecule has 1 heterocycles. The topological polar surface area (TPSA) is 59.0 Å². The third kappa shape index (κ3) is 7.26. The summed E-state index contributed by atoms with van der Waals surface area (Å²) in [5.41, 5.74) is 4.41. The number of benzene rings is 3. The Morgan fingerprint density at radius 1 is 0.944 bits per heavy atom. The average molecular weight is 488 g/mol. The highest BCUT2D eigenvalue weighted by atomic mass is 16.5. The first-order chi connectivity index (χ1) is 17.5. The lowest BCUT2D eigenvalue weighted by molar-refractivity contribution is -0.148. The van der Waals surface area contributed by atoms with Crippen molar-refractivity contribution in [3.05, 3.63) is 107 Å². The third-order valence-electron chi connectivity index (χ3n) is 6.96. The van der Waals surface area contributed by atoms with Gasteiger partial charge in [-0.25, -0.2) is 0 Å². The minimum atomic E-state index is -0.440. The maximum absolute atomic E-state index is 11.7. The van der Waals surface area contributed by atoms with E-state index in [1.54, 1.807) is 0 Å². The van der Waals surface area contributed by atoms with E-state index in [4.69, 9.17) is 9.47 Å². The molecule has 190 valence electrons. The van der Waals surface area contributed by atoms with Crippen LogP contribution in [0.1, 0.15) is 54.2 Å². The Morgan fingerprint density at radius 3 is 2.11 bits per heavy atom. The largest absolute Gasteiger partial charge is 0.456 e. The first-order valence-corrected chi connectivity index (χ1v) is 12.9. The lowest BCUT2D eigenvalue weighted by atomic mass is 9.90. The fourth-order valence-corrected chi connectivity index (χ4v) is 4.95. The van der Waals surface area contributed by atoms with Crippen molar-refractivity contribution in [2.45, 2.75) is 45.0 Å². The molecule has 1 unspecified atom stereocenters. The molecule has 3 aromatic rings. The molecule has 5 heteroatoms. The van der Waals surface area contributed by atoms with Gasteiger partial charge in [-0.2, -0.15) is 0 Å². The molecule has 1 aliphatic heterocycles. The predicted octanol–water partition coefficient (Wildman–Crippen LogP) is 5.48. The van der Waals surface area contributed by atoms with Crippen molar-refractivity contribution >= 4 is 5.97 Å². The fraction of sp³-hybridized carbons (Fsp3) is 0.387. The Bertz CT molecular complexity index is 1030. The van der Waals surface area contributed by atoms with Crippen molar-refractivity contribution in [2.75, 3.05) is 26.2 Å². The zero-order valence-electron chi connectivity index (χ0n) is 21.3. The van der Waals surface area contributed by atoms with Gasteiger partial charge >= 0.3 is 5.97 Å². The summed E-state index contributed by atoms with van der Waals surface area (Å²) in [6, 6.07) is 28.6. The Morgan fingerprint density at radius 2 is 1.56 bits per heavy atom. The normalized spacial score (nSPS) is 19.2. The Hall–Kier alpha value is -2.99. The van der Waals surface area contributed by atoms with Gasteiger partial charge in [0.2, 0.25) is 0 Å². The van der Waals surface area contributed by atoms with E-state index in [0.29, 0.717) is 19.7 Å². The summed E-state index contributed by atoms with van der Waals surface area (Å²) in [7, 11) is 0. The summed E-state index contributed by atoms with van der Waals surface area (Å²) >= 11 is 0. The molecule has 0 saturated carbocycles. The van der Waals surface area contributed by atoms with E-state index in [0.717, 1.165) is 36.1 Å². The number of aliphatic hydroxyl groups is 1. The number of esters is 1. The number of carbonyl (C=O) groups excluding carboxylic acids is 1. The number of aliphatic hydroxyl groups excluding tert-OH is 1. The second-order valence-corrected chi connectivity index (χ2v) is 9.75. The fourth-order valence-electron chi connectivity index (χ4n) is 4.95. The maximum atomic E-state index is 11.7. The van der Waals surface area contributed by atoms with Gasteiger partial charge < -0.3 is 14.6 Å². The lowest BCUT2D eigenvalue weighted by Gasteiger charge is -2.37. The van der Waals surface area contributed by atoms with Crippen LogP contribution in [0.4, 0.5) is 0 Å². The molecule has 0 bridgehead atoms. The molecule has 36 heavy (non-hydrogen) atoms. The van der Waals surface area contributed by atoms with Crippen LogP contribution in [0.15, 0.2) is 84.9 Å². The van der Waals surface area contributed by atoms with Gasteiger partial charge in [-0.1, -0.05) is 90.5 Å². The number of rotatable bonds is 10. The number of ether oxygens (including phenoxy) is 2. The quantitative estimate of drug-likeness (QED) is 0.384. The number of hydrogen-bond acceptors (Lipinski definition) is 5. The lowest BCUT2D eigenvalue weighted by Crippen LogP contribution is -2.45. The molecule has 0 aromatic heterocycles. The van der Waals surface area contributed by atoms with E-state index >= 15 is 0 Å². The van der Waals surface area contributed by atoms with Crippen molar-refractivity contribution < 1.29 is 19.4 Å².